The summed E-state index contributed by atoms with van der Waals surface area (Å²) in [5, 5.41) is 5.73. The number of benzene rings is 1. The van der Waals surface area contributed by atoms with E-state index in [0.29, 0.717) is 13.1 Å². The zero-order valence-corrected chi connectivity index (χ0v) is 12.9. The second-order valence-electron chi connectivity index (χ2n) is 5.58. The van der Waals surface area contributed by atoms with Crippen LogP contribution < -0.4 is 15.5 Å². The molecule has 1 aromatic rings. The van der Waals surface area contributed by atoms with Gasteiger partial charge >= 0.3 is 6.03 Å². The molecular formula is C16H25N3O2. The minimum Gasteiger partial charge on any atom is -0.378 e. The highest BCUT2D eigenvalue weighted by molar-refractivity contribution is 5.73. The predicted molar refractivity (Wildman–Crippen MR) is 84.8 cm³/mol. The summed E-state index contributed by atoms with van der Waals surface area (Å²) in [4.78, 5) is 13.7. The lowest BCUT2D eigenvalue weighted by molar-refractivity contribution is 0.111. The molecule has 1 aliphatic heterocycles. The number of urea groups is 1. The van der Waals surface area contributed by atoms with Gasteiger partial charge in [-0.25, -0.2) is 4.79 Å². The van der Waals surface area contributed by atoms with Crippen LogP contribution in [0.3, 0.4) is 0 Å². The fourth-order valence-corrected chi connectivity index (χ4v) is 2.36. The van der Waals surface area contributed by atoms with Crippen molar-refractivity contribution in [2.45, 2.75) is 25.4 Å². The summed E-state index contributed by atoms with van der Waals surface area (Å²) in [6, 6.07) is 8.26. The third-order valence-electron chi connectivity index (χ3n) is 3.67. The monoisotopic (exact) mass is 291 g/mol. The maximum absolute atomic E-state index is 11.6. The molecule has 1 unspecified atom stereocenters. The summed E-state index contributed by atoms with van der Waals surface area (Å²) in [5.74, 6) is 0. The van der Waals surface area contributed by atoms with Crippen molar-refractivity contribution in [3.05, 3.63) is 29.8 Å². The van der Waals surface area contributed by atoms with Gasteiger partial charge in [0.1, 0.15) is 0 Å². The average molecular weight is 291 g/mol. The fourth-order valence-electron chi connectivity index (χ4n) is 2.36. The summed E-state index contributed by atoms with van der Waals surface area (Å²) in [6.07, 6.45) is 3.16. The van der Waals surface area contributed by atoms with E-state index in [4.69, 9.17) is 4.74 Å². The van der Waals surface area contributed by atoms with Gasteiger partial charge in [-0.15, -0.1) is 0 Å². The van der Waals surface area contributed by atoms with Gasteiger partial charge in [-0.2, -0.15) is 0 Å². The van der Waals surface area contributed by atoms with E-state index in [1.165, 1.54) is 11.3 Å². The first-order valence-electron chi connectivity index (χ1n) is 7.55. The highest BCUT2D eigenvalue weighted by Crippen LogP contribution is 2.12. The van der Waals surface area contributed by atoms with E-state index in [-0.39, 0.29) is 12.1 Å². The Kier molecular flexibility index (Phi) is 5.87. The van der Waals surface area contributed by atoms with E-state index in [9.17, 15) is 4.79 Å². The number of hydrogen-bond donors (Lipinski definition) is 2. The quantitative estimate of drug-likeness (QED) is 0.840. The van der Waals surface area contributed by atoms with Gasteiger partial charge in [0.15, 0.2) is 0 Å². The number of carbonyl (C=O) groups is 1. The van der Waals surface area contributed by atoms with Crippen LogP contribution in [0.5, 0.6) is 0 Å². The summed E-state index contributed by atoms with van der Waals surface area (Å²) < 4.78 is 5.46. The molecule has 21 heavy (non-hydrogen) atoms. The van der Waals surface area contributed by atoms with Crippen molar-refractivity contribution in [3.63, 3.8) is 0 Å². The molecule has 5 nitrogen and oxygen atoms in total. The van der Waals surface area contributed by atoms with Gasteiger partial charge in [-0.3, -0.25) is 0 Å². The lowest BCUT2D eigenvalue weighted by Crippen LogP contribution is -2.40. The van der Waals surface area contributed by atoms with Crippen LogP contribution >= 0.6 is 0 Å². The maximum Gasteiger partial charge on any atom is 0.314 e. The minimum atomic E-state index is -0.115. The van der Waals surface area contributed by atoms with Gasteiger partial charge in [0.2, 0.25) is 0 Å². The van der Waals surface area contributed by atoms with Crippen LogP contribution in [-0.4, -0.2) is 45.9 Å². The molecule has 1 saturated heterocycles. The van der Waals surface area contributed by atoms with Crippen molar-refractivity contribution in [3.8, 4) is 0 Å². The lowest BCUT2D eigenvalue weighted by Gasteiger charge is -2.13. The summed E-state index contributed by atoms with van der Waals surface area (Å²) >= 11 is 0. The third kappa shape index (κ3) is 5.27. The zero-order chi connectivity index (χ0) is 15.1. The van der Waals surface area contributed by atoms with Crippen molar-refractivity contribution in [1.29, 1.82) is 0 Å². The van der Waals surface area contributed by atoms with Crippen LogP contribution in [0.15, 0.2) is 24.3 Å². The van der Waals surface area contributed by atoms with Gasteiger partial charge in [-0.1, -0.05) is 12.1 Å². The van der Waals surface area contributed by atoms with Crippen LogP contribution in [0.4, 0.5) is 10.5 Å². The largest absolute Gasteiger partial charge is 0.378 e. The van der Waals surface area contributed by atoms with E-state index >= 15 is 0 Å². The van der Waals surface area contributed by atoms with Gasteiger partial charge in [0.25, 0.3) is 0 Å². The Balaban J connectivity index is 1.62. The molecule has 0 aromatic heterocycles. The Morgan fingerprint density at radius 1 is 1.29 bits per heavy atom. The Bertz CT molecular complexity index is 439. The topological polar surface area (TPSA) is 53.6 Å². The molecule has 0 saturated carbocycles. The number of hydrogen-bond acceptors (Lipinski definition) is 3. The minimum absolute atomic E-state index is 0.115. The highest BCUT2D eigenvalue weighted by atomic mass is 16.5. The van der Waals surface area contributed by atoms with E-state index in [1.54, 1.807) is 0 Å². The van der Waals surface area contributed by atoms with Crippen molar-refractivity contribution in [2.75, 3.05) is 38.7 Å². The molecule has 2 amide bonds. The van der Waals surface area contributed by atoms with Crippen LogP contribution in [0, 0.1) is 0 Å². The summed E-state index contributed by atoms with van der Waals surface area (Å²) in [5.41, 5.74) is 2.40. The van der Waals surface area contributed by atoms with E-state index in [0.717, 1.165) is 25.9 Å². The van der Waals surface area contributed by atoms with E-state index in [1.807, 2.05) is 14.1 Å². The molecule has 2 N–H and O–H groups in total. The van der Waals surface area contributed by atoms with Crippen molar-refractivity contribution in [1.82, 2.24) is 10.6 Å². The zero-order valence-electron chi connectivity index (χ0n) is 12.9. The first-order chi connectivity index (χ1) is 10.1. The Labute approximate surface area is 126 Å². The molecule has 1 fully saturated rings. The Morgan fingerprint density at radius 2 is 2.05 bits per heavy atom. The molecule has 5 heteroatoms. The maximum atomic E-state index is 11.6. The first-order valence-corrected chi connectivity index (χ1v) is 7.55. The van der Waals surface area contributed by atoms with Crippen molar-refractivity contribution in [2.24, 2.45) is 0 Å². The molecule has 0 bridgehead atoms. The number of amides is 2. The van der Waals surface area contributed by atoms with Gasteiger partial charge in [0.05, 0.1) is 6.10 Å². The van der Waals surface area contributed by atoms with Gasteiger partial charge in [-0.05, 0) is 37.0 Å². The first kappa shape index (κ1) is 15.6. The molecular weight excluding hydrogens is 266 g/mol. The number of anilines is 1. The Morgan fingerprint density at radius 3 is 2.67 bits per heavy atom. The molecule has 116 valence electrons. The van der Waals surface area contributed by atoms with Gasteiger partial charge < -0.3 is 20.3 Å². The predicted octanol–water partition coefficient (Wildman–Crippen LogP) is 1.77. The average Bonchev–Trinajstić information content (AvgIpc) is 2.99. The lowest BCUT2D eigenvalue weighted by atomic mass is 10.1. The SMILES string of the molecule is CN(C)c1ccc(CCNC(=O)NCC2CCCO2)cc1. The molecule has 1 atom stereocenters. The van der Waals surface area contributed by atoms with Crippen LogP contribution in [0.2, 0.25) is 0 Å². The molecule has 1 aromatic carbocycles. The number of carbonyl (C=O) groups excluding carboxylic acids is 1. The normalized spacial score (nSPS) is 17.5. The van der Waals surface area contributed by atoms with Crippen LogP contribution in [0.25, 0.3) is 0 Å². The van der Waals surface area contributed by atoms with Crippen LogP contribution in [-0.2, 0) is 11.2 Å². The van der Waals surface area contributed by atoms with E-state index in [2.05, 4.69) is 39.8 Å². The molecule has 2 rings (SSSR count). The van der Waals surface area contributed by atoms with E-state index < -0.39 is 0 Å². The van der Waals surface area contributed by atoms with Crippen molar-refractivity contribution < 1.29 is 9.53 Å². The second kappa shape index (κ2) is 7.88. The standard InChI is InChI=1S/C16H25N3O2/c1-19(2)14-7-5-13(6-8-14)9-10-17-16(20)18-12-15-4-3-11-21-15/h5-8,15H,3-4,9-12H2,1-2H3,(H2,17,18,20). The van der Waals surface area contributed by atoms with Crippen LogP contribution in [0.1, 0.15) is 18.4 Å². The molecule has 1 heterocycles. The van der Waals surface area contributed by atoms with Crippen molar-refractivity contribution >= 4 is 11.7 Å². The molecule has 0 radical (unpaired) electrons. The molecule has 0 spiro atoms. The number of nitrogens with zero attached hydrogens (tertiary/aromatic N) is 1. The molecule has 0 aliphatic carbocycles. The number of nitrogens with one attached hydrogen (secondary N) is 2. The number of rotatable bonds is 6. The summed E-state index contributed by atoms with van der Waals surface area (Å²) in [6.45, 7) is 2.05. The fraction of sp³-hybridized carbons (Fsp3) is 0.562. The third-order valence-corrected chi connectivity index (χ3v) is 3.67. The second-order valence-corrected chi connectivity index (χ2v) is 5.58. The smallest absolute Gasteiger partial charge is 0.314 e. The number of ether oxygens (including phenoxy) is 1. The van der Waals surface area contributed by atoms with Gasteiger partial charge in [0, 0.05) is 39.5 Å². The highest BCUT2D eigenvalue weighted by Gasteiger charge is 2.15. The molecule has 1 aliphatic rings. The Hall–Kier alpha value is -1.75. The summed E-state index contributed by atoms with van der Waals surface area (Å²) in [7, 11) is 4.05.